The summed E-state index contributed by atoms with van der Waals surface area (Å²) < 4.78 is 2.03. The number of hydrogen-bond acceptors (Lipinski definition) is 3. The summed E-state index contributed by atoms with van der Waals surface area (Å²) in [4.78, 5) is 7.23. The molecule has 1 aliphatic heterocycles. The van der Waals surface area contributed by atoms with E-state index in [2.05, 4.69) is 63.7 Å². The van der Waals surface area contributed by atoms with Crippen LogP contribution in [0.5, 0.6) is 0 Å². The molecule has 2 aromatic heterocycles. The van der Waals surface area contributed by atoms with Gasteiger partial charge in [0.05, 0.1) is 0 Å². The molecule has 1 aliphatic rings. The summed E-state index contributed by atoms with van der Waals surface area (Å²) in [7, 11) is 0. The lowest BCUT2D eigenvalue weighted by Gasteiger charge is -2.31. The molecule has 1 fully saturated rings. The van der Waals surface area contributed by atoms with Gasteiger partial charge in [-0.3, -0.25) is 9.39 Å². The van der Waals surface area contributed by atoms with Crippen LogP contribution in [0.15, 0.2) is 65.3 Å². The zero-order chi connectivity index (χ0) is 19.9. The Labute approximate surface area is 172 Å². The third kappa shape index (κ3) is 4.83. The van der Waals surface area contributed by atoms with Crippen molar-refractivity contribution in [2.75, 3.05) is 26.2 Å². The van der Waals surface area contributed by atoms with Crippen molar-refractivity contribution in [3.8, 4) is 0 Å². The molecule has 0 atom stereocenters. The van der Waals surface area contributed by atoms with Crippen molar-refractivity contribution in [1.29, 1.82) is 0 Å². The molecule has 4 rings (SSSR count). The summed E-state index contributed by atoms with van der Waals surface area (Å²) in [6.07, 6.45) is 7.26. The second-order valence-electron chi connectivity index (χ2n) is 7.23. The van der Waals surface area contributed by atoms with Crippen LogP contribution in [0.3, 0.4) is 0 Å². The molecule has 150 valence electrons. The number of likely N-dealkylation sites (tertiary alicyclic amines) is 1. The zero-order valence-electron chi connectivity index (χ0n) is 17.0. The van der Waals surface area contributed by atoms with Gasteiger partial charge < -0.3 is 10.2 Å². The highest BCUT2D eigenvalue weighted by atomic mass is 15.3. The molecule has 0 radical (unpaired) electrons. The molecule has 6 heteroatoms. The highest BCUT2D eigenvalue weighted by Crippen LogP contribution is 2.19. The molecule has 0 bridgehead atoms. The number of pyridine rings is 1. The Morgan fingerprint density at radius 3 is 2.66 bits per heavy atom. The van der Waals surface area contributed by atoms with Crippen LogP contribution in [0.25, 0.3) is 11.7 Å². The summed E-state index contributed by atoms with van der Waals surface area (Å²) in [6.45, 7) is 5.68. The largest absolute Gasteiger partial charge is 0.357 e. The SMILES string of the molecule is CCNC(=NCCc1nnc2ccccn12)N1CCC(=Cc2ccccc2)CC1. The number of aliphatic imine (C=N–C) groups is 1. The molecule has 29 heavy (non-hydrogen) atoms. The van der Waals surface area contributed by atoms with Gasteiger partial charge in [0.1, 0.15) is 5.82 Å². The highest BCUT2D eigenvalue weighted by Gasteiger charge is 2.17. The van der Waals surface area contributed by atoms with Crippen LogP contribution < -0.4 is 5.32 Å². The molecule has 3 aromatic rings. The van der Waals surface area contributed by atoms with Gasteiger partial charge in [-0.15, -0.1) is 10.2 Å². The van der Waals surface area contributed by atoms with E-state index in [4.69, 9.17) is 4.99 Å². The predicted molar refractivity (Wildman–Crippen MR) is 118 cm³/mol. The van der Waals surface area contributed by atoms with Gasteiger partial charge in [0, 0.05) is 38.8 Å². The van der Waals surface area contributed by atoms with Crippen molar-refractivity contribution in [3.63, 3.8) is 0 Å². The number of guanidine groups is 1. The van der Waals surface area contributed by atoms with Gasteiger partial charge >= 0.3 is 0 Å². The van der Waals surface area contributed by atoms with Crippen molar-refractivity contribution in [3.05, 3.63) is 71.7 Å². The minimum absolute atomic E-state index is 0.696. The van der Waals surface area contributed by atoms with Crippen LogP contribution >= 0.6 is 0 Å². The Bertz CT molecular complexity index is 979. The monoisotopic (exact) mass is 388 g/mol. The Hall–Kier alpha value is -3.15. The van der Waals surface area contributed by atoms with Crippen LogP contribution in [0.2, 0.25) is 0 Å². The number of nitrogens with zero attached hydrogens (tertiary/aromatic N) is 5. The van der Waals surface area contributed by atoms with E-state index in [0.717, 1.165) is 56.3 Å². The Morgan fingerprint density at radius 1 is 1.07 bits per heavy atom. The first kappa shape index (κ1) is 19.2. The fourth-order valence-corrected chi connectivity index (χ4v) is 3.68. The average molecular weight is 389 g/mol. The number of piperidine rings is 1. The molecule has 0 amide bonds. The minimum atomic E-state index is 0.696. The molecule has 1 saturated heterocycles. The average Bonchev–Trinajstić information content (AvgIpc) is 3.18. The number of fused-ring (bicyclic) bond motifs is 1. The molecule has 6 nitrogen and oxygen atoms in total. The van der Waals surface area contributed by atoms with Crippen molar-refractivity contribution < 1.29 is 0 Å². The molecule has 0 unspecified atom stereocenters. The van der Waals surface area contributed by atoms with E-state index in [9.17, 15) is 0 Å². The van der Waals surface area contributed by atoms with Crippen LogP contribution in [0.1, 0.15) is 31.2 Å². The molecular weight excluding hydrogens is 360 g/mol. The quantitative estimate of drug-likeness (QED) is 0.537. The van der Waals surface area contributed by atoms with Crippen molar-refractivity contribution >= 4 is 17.7 Å². The van der Waals surface area contributed by atoms with Gasteiger partial charge in [0.2, 0.25) is 0 Å². The first-order valence-corrected chi connectivity index (χ1v) is 10.4. The molecule has 1 N–H and O–H groups in total. The van der Waals surface area contributed by atoms with Crippen molar-refractivity contribution in [2.24, 2.45) is 4.99 Å². The molecule has 0 aliphatic carbocycles. The topological polar surface area (TPSA) is 57.8 Å². The summed E-state index contributed by atoms with van der Waals surface area (Å²) in [5.41, 5.74) is 3.68. The van der Waals surface area contributed by atoms with Gasteiger partial charge in [0.15, 0.2) is 11.6 Å². The summed E-state index contributed by atoms with van der Waals surface area (Å²) >= 11 is 0. The highest BCUT2D eigenvalue weighted by molar-refractivity contribution is 5.80. The number of hydrogen-bond donors (Lipinski definition) is 1. The molecule has 0 saturated carbocycles. The van der Waals surface area contributed by atoms with Crippen molar-refractivity contribution in [1.82, 2.24) is 24.8 Å². The van der Waals surface area contributed by atoms with Gasteiger partial charge in [-0.2, -0.15) is 0 Å². The third-order valence-electron chi connectivity index (χ3n) is 5.19. The van der Waals surface area contributed by atoms with E-state index in [1.54, 1.807) is 0 Å². The van der Waals surface area contributed by atoms with Crippen LogP contribution in [0, 0.1) is 0 Å². The number of nitrogens with one attached hydrogen (secondary N) is 1. The third-order valence-corrected chi connectivity index (χ3v) is 5.19. The van der Waals surface area contributed by atoms with Gasteiger partial charge in [-0.25, -0.2) is 0 Å². The van der Waals surface area contributed by atoms with Crippen LogP contribution in [-0.4, -0.2) is 51.6 Å². The van der Waals surface area contributed by atoms with E-state index in [1.165, 1.54) is 11.1 Å². The van der Waals surface area contributed by atoms with E-state index in [1.807, 2.05) is 28.8 Å². The lowest BCUT2D eigenvalue weighted by molar-refractivity contribution is 0.375. The second kappa shape index (κ2) is 9.37. The van der Waals surface area contributed by atoms with E-state index < -0.39 is 0 Å². The van der Waals surface area contributed by atoms with E-state index in [-0.39, 0.29) is 0 Å². The standard InChI is InChI=1S/C23H28N6/c1-2-24-23(25-14-11-22-27-26-21-10-6-7-15-29(21)22)28-16-12-20(13-17-28)18-19-8-4-3-5-9-19/h3-10,15,18H,2,11-14,16-17H2,1H3,(H,24,25). The Morgan fingerprint density at radius 2 is 1.86 bits per heavy atom. The van der Waals surface area contributed by atoms with Crippen LogP contribution in [0.4, 0.5) is 0 Å². The molecule has 0 spiro atoms. The summed E-state index contributed by atoms with van der Waals surface area (Å²) in [5, 5.41) is 12.0. The Balaban J connectivity index is 1.37. The first-order valence-electron chi connectivity index (χ1n) is 10.4. The van der Waals surface area contributed by atoms with Gasteiger partial charge in [-0.05, 0) is 37.5 Å². The van der Waals surface area contributed by atoms with Gasteiger partial charge in [-0.1, -0.05) is 48.0 Å². The second-order valence-corrected chi connectivity index (χ2v) is 7.23. The number of benzene rings is 1. The Kier molecular flexibility index (Phi) is 6.19. The maximum absolute atomic E-state index is 4.86. The molecule has 3 heterocycles. The van der Waals surface area contributed by atoms with Crippen LogP contribution in [-0.2, 0) is 6.42 Å². The van der Waals surface area contributed by atoms with Gasteiger partial charge in [0.25, 0.3) is 0 Å². The minimum Gasteiger partial charge on any atom is -0.357 e. The maximum Gasteiger partial charge on any atom is 0.193 e. The molecule has 1 aromatic carbocycles. The van der Waals surface area contributed by atoms with Crippen molar-refractivity contribution in [2.45, 2.75) is 26.2 Å². The summed E-state index contributed by atoms with van der Waals surface area (Å²) in [6, 6.07) is 16.5. The maximum atomic E-state index is 4.86. The number of aromatic nitrogens is 3. The fourth-order valence-electron chi connectivity index (χ4n) is 3.68. The molecular formula is C23H28N6. The predicted octanol–water partition coefficient (Wildman–Crippen LogP) is 3.42. The number of rotatable bonds is 5. The lowest BCUT2D eigenvalue weighted by atomic mass is 10.0. The van der Waals surface area contributed by atoms with E-state index >= 15 is 0 Å². The lowest BCUT2D eigenvalue weighted by Crippen LogP contribution is -2.44. The zero-order valence-corrected chi connectivity index (χ0v) is 17.0. The first-order chi connectivity index (χ1) is 14.3. The smallest absolute Gasteiger partial charge is 0.193 e. The normalized spacial score (nSPS) is 15.0. The summed E-state index contributed by atoms with van der Waals surface area (Å²) in [5.74, 6) is 1.95. The van der Waals surface area contributed by atoms with E-state index in [0.29, 0.717) is 6.54 Å². The fraction of sp³-hybridized carbons (Fsp3) is 0.348.